The topological polar surface area (TPSA) is 61.5 Å². The van der Waals surface area contributed by atoms with Crippen LogP contribution >= 0.6 is 0 Å². The molecule has 4 nitrogen and oxygen atoms in total. The van der Waals surface area contributed by atoms with Crippen LogP contribution in [0.3, 0.4) is 0 Å². The number of rotatable bonds is 6. The summed E-state index contributed by atoms with van der Waals surface area (Å²) in [6.07, 6.45) is 2.65. The van der Waals surface area contributed by atoms with Gasteiger partial charge in [-0.15, -0.1) is 0 Å². The van der Waals surface area contributed by atoms with Gasteiger partial charge in [-0.1, -0.05) is 0 Å². The average Bonchev–Trinajstić information content (AvgIpc) is 3.22. The fraction of sp³-hybridized carbons (Fsp3) is 0.500. The predicted molar refractivity (Wildman–Crippen MR) is 69.2 cm³/mol. The van der Waals surface area contributed by atoms with Crippen LogP contribution in [0, 0.1) is 5.92 Å². The second-order valence-corrected chi connectivity index (χ2v) is 4.69. The third-order valence-electron chi connectivity index (χ3n) is 3.36. The van der Waals surface area contributed by atoms with E-state index in [0.29, 0.717) is 29.4 Å². The molecule has 0 spiro atoms. The molecule has 0 heterocycles. The number of ketones is 1. The van der Waals surface area contributed by atoms with Crippen molar-refractivity contribution in [3.8, 4) is 11.5 Å². The largest absolute Gasteiger partial charge is 0.497 e. The predicted octanol–water partition coefficient (Wildman–Crippen LogP) is 2.01. The van der Waals surface area contributed by atoms with Gasteiger partial charge in [-0.3, -0.25) is 4.79 Å². The van der Waals surface area contributed by atoms with Crippen molar-refractivity contribution < 1.29 is 14.3 Å². The first-order chi connectivity index (χ1) is 8.65. The van der Waals surface area contributed by atoms with E-state index in [1.807, 2.05) is 0 Å². The smallest absolute Gasteiger partial charge is 0.168 e. The van der Waals surface area contributed by atoms with Crippen molar-refractivity contribution in [1.82, 2.24) is 0 Å². The molecule has 1 atom stereocenters. The first-order valence-electron chi connectivity index (χ1n) is 6.16. The van der Waals surface area contributed by atoms with Crippen LogP contribution in [0.2, 0.25) is 0 Å². The molecule has 0 aliphatic heterocycles. The number of methoxy groups -OCH3 is 2. The number of carbonyl (C=O) groups excluding carboxylic acids is 1. The van der Waals surface area contributed by atoms with Crippen molar-refractivity contribution >= 4 is 5.78 Å². The highest BCUT2D eigenvalue weighted by Crippen LogP contribution is 2.34. The maximum atomic E-state index is 12.2. The summed E-state index contributed by atoms with van der Waals surface area (Å²) in [7, 11) is 3.13. The molecule has 2 N–H and O–H groups in total. The fourth-order valence-corrected chi connectivity index (χ4v) is 2.05. The van der Waals surface area contributed by atoms with E-state index in [-0.39, 0.29) is 11.8 Å². The molecule has 2 rings (SSSR count). The van der Waals surface area contributed by atoms with Crippen LogP contribution in [0.4, 0.5) is 0 Å². The molecule has 1 aliphatic rings. The zero-order chi connectivity index (χ0) is 13.1. The molecular weight excluding hydrogens is 230 g/mol. The van der Waals surface area contributed by atoms with Crippen LogP contribution in [0.25, 0.3) is 0 Å². The van der Waals surface area contributed by atoms with Crippen molar-refractivity contribution in [3.63, 3.8) is 0 Å². The summed E-state index contributed by atoms with van der Waals surface area (Å²) < 4.78 is 10.3. The number of ether oxygens (including phenoxy) is 2. The summed E-state index contributed by atoms with van der Waals surface area (Å²) in [5.74, 6) is 1.76. The Morgan fingerprint density at radius 1 is 1.39 bits per heavy atom. The van der Waals surface area contributed by atoms with Gasteiger partial charge in [-0.05, 0) is 37.0 Å². The van der Waals surface area contributed by atoms with Crippen molar-refractivity contribution in [2.45, 2.75) is 25.3 Å². The SMILES string of the molecule is COc1ccc(OC)c(C(=O)CC(N)C2CC2)c1. The van der Waals surface area contributed by atoms with Gasteiger partial charge in [0.15, 0.2) is 5.78 Å². The van der Waals surface area contributed by atoms with E-state index in [1.165, 1.54) is 0 Å². The lowest BCUT2D eigenvalue weighted by Crippen LogP contribution is -2.26. The number of nitrogens with two attached hydrogens (primary N) is 1. The first kappa shape index (κ1) is 12.9. The van der Waals surface area contributed by atoms with Crippen LogP contribution < -0.4 is 15.2 Å². The van der Waals surface area contributed by atoms with Crippen LogP contribution in [0.15, 0.2) is 18.2 Å². The average molecular weight is 249 g/mol. The van der Waals surface area contributed by atoms with E-state index in [9.17, 15) is 4.79 Å². The second kappa shape index (κ2) is 5.40. The molecule has 0 saturated heterocycles. The summed E-state index contributed by atoms with van der Waals surface area (Å²) in [6.45, 7) is 0. The number of benzene rings is 1. The Labute approximate surface area is 107 Å². The lowest BCUT2D eigenvalue weighted by molar-refractivity contribution is 0.0968. The van der Waals surface area contributed by atoms with Crippen molar-refractivity contribution in [2.75, 3.05) is 14.2 Å². The van der Waals surface area contributed by atoms with Gasteiger partial charge in [0.25, 0.3) is 0 Å². The molecule has 18 heavy (non-hydrogen) atoms. The van der Waals surface area contributed by atoms with Gasteiger partial charge in [0.1, 0.15) is 11.5 Å². The van der Waals surface area contributed by atoms with Crippen LogP contribution in [0.5, 0.6) is 11.5 Å². The number of Topliss-reactive ketones (excluding diaryl/α,β-unsaturated/α-hetero) is 1. The normalized spacial score (nSPS) is 16.2. The molecule has 0 radical (unpaired) electrons. The van der Waals surface area contributed by atoms with Crippen molar-refractivity contribution in [3.05, 3.63) is 23.8 Å². The summed E-state index contributed by atoms with van der Waals surface area (Å²) >= 11 is 0. The van der Waals surface area contributed by atoms with Gasteiger partial charge in [0.05, 0.1) is 19.8 Å². The van der Waals surface area contributed by atoms with E-state index >= 15 is 0 Å². The lowest BCUT2D eigenvalue weighted by atomic mass is 10.0. The Kier molecular flexibility index (Phi) is 3.87. The monoisotopic (exact) mass is 249 g/mol. The molecule has 98 valence electrons. The first-order valence-corrected chi connectivity index (χ1v) is 6.16. The van der Waals surface area contributed by atoms with E-state index in [0.717, 1.165) is 12.8 Å². The summed E-state index contributed by atoms with van der Waals surface area (Å²) in [5, 5.41) is 0. The minimum atomic E-state index is -0.0339. The molecular formula is C14H19NO3. The minimum Gasteiger partial charge on any atom is -0.497 e. The van der Waals surface area contributed by atoms with Gasteiger partial charge in [-0.2, -0.15) is 0 Å². The highest BCUT2D eigenvalue weighted by molar-refractivity contribution is 5.99. The summed E-state index contributed by atoms with van der Waals surface area (Å²) in [4.78, 5) is 12.2. The van der Waals surface area contributed by atoms with E-state index in [4.69, 9.17) is 15.2 Å². The van der Waals surface area contributed by atoms with Crippen molar-refractivity contribution in [1.29, 1.82) is 0 Å². The Morgan fingerprint density at radius 3 is 2.67 bits per heavy atom. The lowest BCUT2D eigenvalue weighted by Gasteiger charge is -2.12. The molecule has 1 aromatic rings. The zero-order valence-corrected chi connectivity index (χ0v) is 10.8. The highest BCUT2D eigenvalue weighted by atomic mass is 16.5. The number of carbonyl (C=O) groups is 1. The maximum absolute atomic E-state index is 12.2. The third-order valence-corrected chi connectivity index (χ3v) is 3.36. The quantitative estimate of drug-likeness (QED) is 0.783. The zero-order valence-electron chi connectivity index (χ0n) is 10.8. The molecule has 0 amide bonds. The molecule has 0 aromatic heterocycles. The Balaban J connectivity index is 2.16. The fourth-order valence-electron chi connectivity index (χ4n) is 2.05. The van der Waals surface area contributed by atoms with Gasteiger partial charge in [0, 0.05) is 12.5 Å². The molecule has 1 aromatic carbocycles. The van der Waals surface area contributed by atoms with E-state index in [1.54, 1.807) is 32.4 Å². The van der Waals surface area contributed by atoms with E-state index in [2.05, 4.69) is 0 Å². The van der Waals surface area contributed by atoms with Crippen LogP contribution in [0.1, 0.15) is 29.6 Å². The van der Waals surface area contributed by atoms with Crippen LogP contribution in [-0.4, -0.2) is 26.0 Å². The number of hydrogen-bond donors (Lipinski definition) is 1. The molecule has 4 heteroatoms. The number of hydrogen-bond acceptors (Lipinski definition) is 4. The molecule has 0 bridgehead atoms. The Bertz CT molecular complexity index is 441. The Hall–Kier alpha value is -1.55. The standard InChI is InChI=1S/C14H19NO3/c1-17-10-5-6-14(18-2)11(7-10)13(16)8-12(15)9-3-4-9/h5-7,9,12H,3-4,8,15H2,1-2H3. The van der Waals surface area contributed by atoms with Gasteiger partial charge in [-0.25, -0.2) is 0 Å². The molecule has 1 saturated carbocycles. The highest BCUT2D eigenvalue weighted by Gasteiger charge is 2.30. The summed E-state index contributed by atoms with van der Waals surface area (Å²) in [6, 6.07) is 5.19. The van der Waals surface area contributed by atoms with E-state index < -0.39 is 0 Å². The maximum Gasteiger partial charge on any atom is 0.168 e. The second-order valence-electron chi connectivity index (χ2n) is 4.69. The molecule has 1 unspecified atom stereocenters. The summed E-state index contributed by atoms with van der Waals surface area (Å²) in [5.41, 5.74) is 6.54. The molecule has 1 fully saturated rings. The minimum absolute atomic E-state index is 0.0187. The molecule has 1 aliphatic carbocycles. The Morgan fingerprint density at radius 2 is 2.11 bits per heavy atom. The van der Waals surface area contributed by atoms with Gasteiger partial charge in [0.2, 0.25) is 0 Å². The van der Waals surface area contributed by atoms with Gasteiger partial charge >= 0.3 is 0 Å². The van der Waals surface area contributed by atoms with Gasteiger partial charge < -0.3 is 15.2 Å². The van der Waals surface area contributed by atoms with Crippen LogP contribution in [-0.2, 0) is 0 Å². The third kappa shape index (κ3) is 2.82. The van der Waals surface area contributed by atoms with Crippen molar-refractivity contribution in [2.24, 2.45) is 11.7 Å².